The van der Waals surface area contributed by atoms with E-state index in [9.17, 15) is 4.79 Å². The van der Waals surface area contributed by atoms with Gasteiger partial charge in [-0.2, -0.15) is 0 Å². The first-order valence-corrected chi connectivity index (χ1v) is 6.80. The highest BCUT2D eigenvalue weighted by Crippen LogP contribution is 2.29. The number of aromatic nitrogens is 1. The minimum atomic E-state index is -0.998. The van der Waals surface area contributed by atoms with Crippen molar-refractivity contribution in [1.82, 2.24) is 4.98 Å². The van der Waals surface area contributed by atoms with E-state index in [0.29, 0.717) is 22.0 Å². The first kappa shape index (κ1) is 13.1. The maximum absolute atomic E-state index is 10.9. The smallest absolute Gasteiger partial charge is 0.335 e. The van der Waals surface area contributed by atoms with Crippen molar-refractivity contribution in [3.63, 3.8) is 0 Å². The van der Waals surface area contributed by atoms with Crippen molar-refractivity contribution in [2.75, 3.05) is 0 Å². The van der Waals surface area contributed by atoms with Gasteiger partial charge in [-0.3, -0.25) is 0 Å². The van der Waals surface area contributed by atoms with Crippen LogP contribution in [0.2, 0.25) is 5.02 Å². The number of benzene rings is 2. The van der Waals surface area contributed by atoms with E-state index in [0.717, 1.165) is 10.0 Å². The first-order chi connectivity index (χ1) is 9.52. The number of aromatic carboxylic acids is 1. The molecule has 0 aliphatic carbocycles. The molecule has 0 bridgehead atoms. The molecular weight excluding hydrogens is 346 g/mol. The summed E-state index contributed by atoms with van der Waals surface area (Å²) in [6.45, 7) is 0. The molecule has 3 rings (SSSR count). The normalized spacial score (nSPS) is 10.9. The molecule has 0 unspecified atom stereocenters. The highest BCUT2D eigenvalue weighted by molar-refractivity contribution is 9.10. The second-order valence-electron chi connectivity index (χ2n) is 4.16. The van der Waals surface area contributed by atoms with Crippen LogP contribution in [0.25, 0.3) is 22.6 Å². The summed E-state index contributed by atoms with van der Waals surface area (Å²) in [5, 5.41) is 9.52. The monoisotopic (exact) mass is 351 g/mol. The van der Waals surface area contributed by atoms with Gasteiger partial charge in [0.05, 0.1) is 5.56 Å². The van der Waals surface area contributed by atoms with Gasteiger partial charge >= 0.3 is 5.97 Å². The van der Waals surface area contributed by atoms with Crippen molar-refractivity contribution in [2.45, 2.75) is 0 Å². The van der Waals surface area contributed by atoms with Gasteiger partial charge in [-0.05, 0) is 36.4 Å². The predicted octanol–water partition coefficient (Wildman–Crippen LogP) is 4.61. The number of hydrogen-bond acceptors (Lipinski definition) is 3. The quantitative estimate of drug-likeness (QED) is 0.731. The Balaban J connectivity index is 2.15. The van der Waals surface area contributed by atoms with Gasteiger partial charge < -0.3 is 9.52 Å². The fourth-order valence-corrected chi connectivity index (χ4v) is 2.72. The third kappa shape index (κ3) is 2.42. The Morgan fingerprint density at radius 3 is 2.75 bits per heavy atom. The summed E-state index contributed by atoms with van der Waals surface area (Å²) in [7, 11) is 0. The Labute approximate surface area is 127 Å². The lowest BCUT2D eigenvalue weighted by molar-refractivity contribution is 0.0697. The number of nitrogens with zero attached hydrogens (tertiary/aromatic N) is 1. The van der Waals surface area contributed by atoms with Crippen LogP contribution in [0.1, 0.15) is 10.4 Å². The van der Waals surface area contributed by atoms with Gasteiger partial charge in [0.15, 0.2) is 5.58 Å². The summed E-state index contributed by atoms with van der Waals surface area (Å²) in [5.41, 5.74) is 1.92. The minimum Gasteiger partial charge on any atom is -0.478 e. The topological polar surface area (TPSA) is 63.3 Å². The SMILES string of the molecule is O=C(O)c1ccc2oc(-c3cc(Cl)cc(Br)c3)nc2c1. The molecule has 1 N–H and O–H groups in total. The van der Waals surface area contributed by atoms with Crippen molar-refractivity contribution in [2.24, 2.45) is 0 Å². The molecule has 0 spiro atoms. The summed E-state index contributed by atoms with van der Waals surface area (Å²) in [4.78, 5) is 15.2. The molecule has 0 fully saturated rings. The van der Waals surface area contributed by atoms with Crippen molar-refractivity contribution < 1.29 is 14.3 Å². The molecule has 2 aromatic carbocycles. The van der Waals surface area contributed by atoms with Gasteiger partial charge in [0.1, 0.15) is 5.52 Å². The third-order valence-corrected chi connectivity index (χ3v) is 3.42. The van der Waals surface area contributed by atoms with Crippen molar-refractivity contribution in [1.29, 1.82) is 0 Å². The van der Waals surface area contributed by atoms with Crippen LogP contribution in [-0.2, 0) is 0 Å². The largest absolute Gasteiger partial charge is 0.478 e. The van der Waals surface area contributed by atoms with E-state index >= 15 is 0 Å². The molecule has 1 aromatic heterocycles. The Morgan fingerprint density at radius 2 is 2.05 bits per heavy atom. The zero-order chi connectivity index (χ0) is 14.3. The molecule has 20 heavy (non-hydrogen) atoms. The Hall–Kier alpha value is -1.85. The van der Waals surface area contributed by atoms with E-state index in [4.69, 9.17) is 21.1 Å². The van der Waals surface area contributed by atoms with Crippen LogP contribution >= 0.6 is 27.5 Å². The number of halogens is 2. The molecule has 0 aliphatic rings. The highest BCUT2D eigenvalue weighted by Gasteiger charge is 2.12. The number of carboxylic acids is 1. The van der Waals surface area contributed by atoms with Gasteiger partial charge in [-0.25, -0.2) is 9.78 Å². The molecule has 4 nitrogen and oxygen atoms in total. The summed E-state index contributed by atoms with van der Waals surface area (Å²) in [6, 6.07) is 9.87. The maximum Gasteiger partial charge on any atom is 0.335 e. The third-order valence-electron chi connectivity index (χ3n) is 2.74. The van der Waals surface area contributed by atoms with Crippen molar-refractivity contribution in [3.8, 4) is 11.5 Å². The molecule has 0 saturated heterocycles. The summed E-state index contributed by atoms with van der Waals surface area (Å²) in [6.07, 6.45) is 0. The molecule has 0 saturated carbocycles. The molecular formula is C14H7BrClNO3. The van der Waals surface area contributed by atoms with Crippen LogP contribution in [-0.4, -0.2) is 16.1 Å². The van der Waals surface area contributed by atoms with Crippen LogP contribution in [0.3, 0.4) is 0 Å². The lowest BCUT2D eigenvalue weighted by atomic mass is 10.2. The van der Waals surface area contributed by atoms with E-state index in [1.54, 1.807) is 18.2 Å². The van der Waals surface area contributed by atoms with Crippen molar-refractivity contribution >= 4 is 44.6 Å². The summed E-state index contributed by atoms with van der Waals surface area (Å²) >= 11 is 9.34. The molecule has 0 radical (unpaired) electrons. The van der Waals surface area contributed by atoms with E-state index in [-0.39, 0.29) is 5.56 Å². The van der Waals surface area contributed by atoms with Gasteiger partial charge in [0, 0.05) is 15.1 Å². The Kier molecular flexibility index (Phi) is 3.23. The number of oxazole rings is 1. The first-order valence-electron chi connectivity index (χ1n) is 5.63. The van der Waals surface area contributed by atoms with Gasteiger partial charge in [0.25, 0.3) is 0 Å². The molecule has 6 heteroatoms. The van der Waals surface area contributed by atoms with Crippen LogP contribution in [0.4, 0.5) is 0 Å². The molecule has 0 atom stereocenters. The second-order valence-corrected chi connectivity index (χ2v) is 5.52. The van der Waals surface area contributed by atoms with Crippen LogP contribution in [0.5, 0.6) is 0 Å². The maximum atomic E-state index is 10.9. The molecule has 0 aliphatic heterocycles. The fraction of sp³-hybridized carbons (Fsp3) is 0. The minimum absolute atomic E-state index is 0.171. The summed E-state index contributed by atoms with van der Waals surface area (Å²) in [5.74, 6) is -0.604. The lowest BCUT2D eigenvalue weighted by Crippen LogP contribution is -1.94. The van der Waals surface area contributed by atoms with E-state index < -0.39 is 5.97 Å². The Bertz CT molecular complexity index is 808. The molecule has 0 amide bonds. The van der Waals surface area contributed by atoms with E-state index in [1.165, 1.54) is 12.1 Å². The molecule has 100 valence electrons. The number of rotatable bonds is 2. The van der Waals surface area contributed by atoms with E-state index in [2.05, 4.69) is 20.9 Å². The van der Waals surface area contributed by atoms with Crippen LogP contribution in [0.15, 0.2) is 45.3 Å². The van der Waals surface area contributed by atoms with E-state index in [1.807, 2.05) is 6.07 Å². The summed E-state index contributed by atoms with van der Waals surface area (Å²) < 4.78 is 6.43. The zero-order valence-corrected chi connectivity index (χ0v) is 12.3. The van der Waals surface area contributed by atoms with Crippen LogP contribution < -0.4 is 0 Å². The average Bonchev–Trinajstić information content (AvgIpc) is 2.80. The highest BCUT2D eigenvalue weighted by atomic mass is 79.9. The lowest BCUT2D eigenvalue weighted by Gasteiger charge is -1.97. The number of fused-ring (bicyclic) bond motifs is 1. The van der Waals surface area contributed by atoms with Gasteiger partial charge in [-0.15, -0.1) is 0 Å². The van der Waals surface area contributed by atoms with Gasteiger partial charge in [0.2, 0.25) is 5.89 Å². The van der Waals surface area contributed by atoms with Gasteiger partial charge in [-0.1, -0.05) is 27.5 Å². The number of carboxylic acid groups (broad SMARTS) is 1. The van der Waals surface area contributed by atoms with Crippen molar-refractivity contribution in [3.05, 3.63) is 51.5 Å². The standard InChI is InChI=1S/C14H7BrClNO3/c15-9-3-8(4-10(16)6-9)13-17-11-5-7(14(18)19)1-2-12(11)20-13/h1-6H,(H,18,19). The fourth-order valence-electron chi connectivity index (χ4n) is 1.86. The average molecular weight is 353 g/mol. The molecule has 3 aromatic rings. The zero-order valence-electron chi connectivity index (χ0n) is 9.93. The Morgan fingerprint density at radius 1 is 1.25 bits per heavy atom. The van der Waals surface area contributed by atoms with Crippen LogP contribution in [0, 0.1) is 0 Å². The second kappa shape index (κ2) is 4.92. The predicted molar refractivity (Wildman–Crippen MR) is 79.1 cm³/mol. The number of hydrogen-bond donors (Lipinski definition) is 1. The number of carbonyl (C=O) groups is 1. The molecule has 1 heterocycles.